The Morgan fingerprint density at radius 3 is 3.11 bits per heavy atom. The first-order valence-corrected chi connectivity index (χ1v) is 7.20. The van der Waals surface area contributed by atoms with Gasteiger partial charge in [-0.1, -0.05) is 6.92 Å². The summed E-state index contributed by atoms with van der Waals surface area (Å²) in [6.07, 6.45) is 2.36. The van der Waals surface area contributed by atoms with Crippen molar-refractivity contribution in [2.24, 2.45) is 5.41 Å². The van der Waals surface area contributed by atoms with Gasteiger partial charge in [-0.2, -0.15) is 0 Å². The summed E-state index contributed by atoms with van der Waals surface area (Å²) in [7, 11) is 0. The van der Waals surface area contributed by atoms with Crippen molar-refractivity contribution in [3.63, 3.8) is 0 Å². The number of nitrogens with zero attached hydrogens (tertiary/aromatic N) is 2. The number of carbonyl (C=O) groups is 1. The van der Waals surface area contributed by atoms with Crippen LogP contribution in [0.4, 0.5) is 0 Å². The highest BCUT2D eigenvalue weighted by Gasteiger charge is 2.33. The summed E-state index contributed by atoms with van der Waals surface area (Å²) in [5.74, 6) is 0.0548. The normalized spacial score (nSPS) is 17.4. The summed E-state index contributed by atoms with van der Waals surface area (Å²) in [6, 6.07) is 0. The summed E-state index contributed by atoms with van der Waals surface area (Å²) in [5.41, 5.74) is 2.09. The Morgan fingerprint density at radius 2 is 2.42 bits per heavy atom. The third-order valence-electron chi connectivity index (χ3n) is 3.36. The Kier molecular flexibility index (Phi) is 3.06. The summed E-state index contributed by atoms with van der Waals surface area (Å²) >= 11 is 1.57. The maximum Gasteiger partial charge on any atom is 0.226 e. The van der Waals surface area contributed by atoms with Crippen LogP contribution in [0.1, 0.15) is 18.3 Å². The standard InChI is InChI=1S/C13H17N3O2S/c1-9-4-16-10(5-19-12(16)15-9)3-11(17)14-6-13(2)7-18-8-13/h4-5H,3,6-8H2,1-2H3,(H,14,17). The molecule has 1 fully saturated rings. The number of fused-ring (bicyclic) bond motifs is 1. The molecule has 1 saturated heterocycles. The molecule has 0 saturated carbocycles. The first-order valence-electron chi connectivity index (χ1n) is 6.32. The second-order valence-corrected chi connectivity index (χ2v) is 6.36. The third kappa shape index (κ3) is 2.50. The number of imidazole rings is 1. The zero-order chi connectivity index (χ0) is 13.5. The number of carbonyl (C=O) groups excluding carboxylic acids is 1. The van der Waals surface area contributed by atoms with Crippen molar-refractivity contribution >= 4 is 22.2 Å². The topological polar surface area (TPSA) is 55.6 Å². The van der Waals surface area contributed by atoms with Gasteiger partial charge in [0.05, 0.1) is 25.3 Å². The first-order chi connectivity index (χ1) is 9.06. The molecule has 1 amide bonds. The Morgan fingerprint density at radius 1 is 1.63 bits per heavy atom. The molecule has 19 heavy (non-hydrogen) atoms. The van der Waals surface area contributed by atoms with E-state index in [4.69, 9.17) is 4.74 Å². The number of ether oxygens (including phenoxy) is 1. The second kappa shape index (κ2) is 4.61. The van der Waals surface area contributed by atoms with E-state index >= 15 is 0 Å². The fraction of sp³-hybridized carbons (Fsp3) is 0.538. The lowest BCUT2D eigenvalue weighted by molar-refractivity contribution is -0.126. The zero-order valence-electron chi connectivity index (χ0n) is 11.1. The Labute approximate surface area is 115 Å². The van der Waals surface area contributed by atoms with Crippen LogP contribution in [0.3, 0.4) is 0 Å². The van der Waals surface area contributed by atoms with Crippen LogP contribution < -0.4 is 5.32 Å². The Balaban J connectivity index is 1.62. The number of hydrogen-bond acceptors (Lipinski definition) is 4. The molecule has 0 atom stereocenters. The number of aryl methyl sites for hydroxylation is 1. The summed E-state index contributed by atoms with van der Waals surface area (Å²) < 4.78 is 7.17. The molecule has 3 heterocycles. The molecule has 1 N–H and O–H groups in total. The van der Waals surface area contributed by atoms with Crippen molar-refractivity contribution in [3.8, 4) is 0 Å². The largest absolute Gasteiger partial charge is 0.380 e. The van der Waals surface area contributed by atoms with Crippen LogP contribution in [0, 0.1) is 12.3 Å². The minimum absolute atomic E-state index is 0.0548. The van der Waals surface area contributed by atoms with Crippen molar-refractivity contribution in [2.75, 3.05) is 19.8 Å². The molecule has 1 aliphatic rings. The minimum atomic E-state index is 0.0548. The fourth-order valence-electron chi connectivity index (χ4n) is 2.16. The van der Waals surface area contributed by atoms with Gasteiger partial charge in [-0.3, -0.25) is 9.20 Å². The average molecular weight is 279 g/mol. The summed E-state index contributed by atoms with van der Waals surface area (Å²) in [6.45, 7) is 6.23. The van der Waals surface area contributed by atoms with Gasteiger partial charge in [0.2, 0.25) is 5.91 Å². The highest BCUT2D eigenvalue weighted by molar-refractivity contribution is 7.15. The summed E-state index contributed by atoms with van der Waals surface area (Å²) in [4.78, 5) is 17.3. The van der Waals surface area contributed by atoms with Crippen LogP contribution in [0.25, 0.3) is 4.96 Å². The van der Waals surface area contributed by atoms with Crippen LogP contribution in [0.2, 0.25) is 0 Å². The van der Waals surface area contributed by atoms with Gasteiger partial charge in [-0.25, -0.2) is 4.98 Å². The van der Waals surface area contributed by atoms with Crippen LogP contribution in [-0.2, 0) is 16.0 Å². The van der Waals surface area contributed by atoms with Gasteiger partial charge in [0, 0.05) is 29.2 Å². The maximum atomic E-state index is 12.0. The van der Waals surface area contributed by atoms with Gasteiger partial charge in [0.25, 0.3) is 0 Å². The van der Waals surface area contributed by atoms with E-state index in [1.807, 2.05) is 22.9 Å². The van der Waals surface area contributed by atoms with E-state index in [0.717, 1.165) is 29.6 Å². The maximum absolute atomic E-state index is 12.0. The van der Waals surface area contributed by atoms with Crippen LogP contribution in [0.15, 0.2) is 11.6 Å². The molecular weight excluding hydrogens is 262 g/mol. The number of rotatable bonds is 4. The van der Waals surface area contributed by atoms with E-state index in [2.05, 4.69) is 17.2 Å². The number of amides is 1. The van der Waals surface area contributed by atoms with Crippen LogP contribution >= 0.6 is 11.3 Å². The van der Waals surface area contributed by atoms with Crippen molar-refractivity contribution in [1.82, 2.24) is 14.7 Å². The molecule has 102 valence electrons. The molecule has 3 rings (SSSR count). The van der Waals surface area contributed by atoms with Crippen LogP contribution in [-0.4, -0.2) is 35.1 Å². The molecule has 5 nitrogen and oxygen atoms in total. The predicted molar refractivity (Wildman–Crippen MR) is 73.4 cm³/mol. The molecule has 1 aliphatic heterocycles. The molecule has 0 aliphatic carbocycles. The average Bonchev–Trinajstić information content (AvgIpc) is 2.85. The molecule has 0 bridgehead atoms. The molecule has 0 radical (unpaired) electrons. The van der Waals surface area contributed by atoms with Gasteiger partial charge in [-0.05, 0) is 6.92 Å². The lowest BCUT2D eigenvalue weighted by Crippen LogP contribution is -2.48. The molecular formula is C13H17N3O2S. The SMILES string of the molecule is Cc1cn2c(CC(=O)NCC3(C)COC3)csc2n1. The minimum Gasteiger partial charge on any atom is -0.380 e. The van der Waals surface area contributed by atoms with Gasteiger partial charge in [-0.15, -0.1) is 11.3 Å². The van der Waals surface area contributed by atoms with Gasteiger partial charge >= 0.3 is 0 Å². The van der Waals surface area contributed by atoms with Crippen molar-refractivity contribution in [1.29, 1.82) is 0 Å². The Hall–Kier alpha value is -1.40. The van der Waals surface area contributed by atoms with Crippen molar-refractivity contribution < 1.29 is 9.53 Å². The van der Waals surface area contributed by atoms with Gasteiger partial charge in [0.1, 0.15) is 0 Å². The van der Waals surface area contributed by atoms with Crippen molar-refractivity contribution in [3.05, 3.63) is 23.0 Å². The Bertz CT molecular complexity index is 612. The van der Waals surface area contributed by atoms with E-state index in [9.17, 15) is 4.79 Å². The van der Waals surface area contributed by atoms with E-state index < -0.39 is 0 Å². The quantitative estimate of drug-likeness (QED) is 0.920. The van der Waals surface area contributed by atoms with E-state index in [1.165, 1.54) is 0 Å². The van der Waals surface area contributed by atoms with Gasteiger partial charge in [0.15, 0.2) is 4.96 Å². The highest BCUT2D eigenvalue weighted by Crippen LogP contribution is 2.25. The van der Waals surface area contributed by atoms with E-state index in [1.54, 1.807) is 11.3 Å². The number of thiazole rings is 1. The molecule has 0 unspecified atom stereocenters. The number of nitrogens with one attached hydrogen (secondary N) is 1. The number of aromatic nitrogens is 2. The van der Waals surface area contributed by atoms with Crippen LogP contribution in [0.5, 0.6) is 0 Å². The molecule has 6 heteroatoms. The monoisotopic (exact) mass is 279 g/mol. The van der Waals surface area contributed by atoms with Crippen molar-refractivity contribution in [2.45, 2.75) is 20.3 Å². The summed E-state index contributed by atoms with van der Waals surface area (Å²) in [5, 5.41) is 4.98. The van der Waals surface area contributed by atoms with E-state index in [-0.39, 0.29) is 11.3 Å². The van der Waals surface area contributed by atoms with E-state index in [0.29, 0.717) is 13.0 Å². The molecule has 2 aromatic rings. The zero-order valence-corrected chi connectivity index (χ0v) is 11.9. The lowest BCUT2D eigenvalue weighted by atomic mass is 9.89. The second-order valence-electron chi connectivity index (χ2n) is 5.52. The smallest absolute Gasteiger partial charge is 0.226 e. The highest BCUT2D eigenvalue weighted by atomic mass is 32.1. The third-order valence-corrected chi connectivity index (χ3v) is 4.25. The molecule has 2 aromatic heterocycles. The first kappa shape index (κ1) is 12.6. The molecule has 0 aromatic carbocycles. The molecule has 0 spiro atoms. The predicted octanol–water partition coefficient (Wildman–Crippen LogP) is 1.40. The number of hydrogen-bond donors (Lipinski definition) is 1. The lowest BCUT2D eigenvalue weighted by Gasteiger charge is -2.38. The van der Waals surface area contributed by atoms with Gasteiger partial charge < -0.3 is 10.1 Å². The fourth-order valence-corrected chi connectivity index (χ4v) is 3.08.